The highest BCUT2D eigenvalue weighted by Gasteiger charge is 2.26. The quantitative estimate of drug-likeness (QED) is 0.386. The Balaban J connectivity index is 0.930. The molecular weight excluding hydrogens is 456 g/mol. The normalized spacial score (nSPS) is 21.5. The summed E-state index contributed by atoms with van der Waals surface area (Å²) < 4.78 is 11.7. The second kappa shape index (κ2) is 9.99. The molecule has 182 valence electrons. The van der Waals surface area contributed by atoms with Crippen molar-refractivity contribution >= 4 is 44.3 Å². The van der Waals surface area contributed by atoms with Crippen LogP contribution in [0.5, 0.6) is 0 Å². The van der Waals surface area contributed by atoms with Gasteiger partial charge in [0.05, 0.1) is 4.70 Å². The van der Waals surface area contributed by atoms with E-state index in [9.17, 15) is 4.79 Å². The van der Waals surface area contributed by atoms with E-state index in [-0.39, 0.29) is 11.9 Å². The minimum Gasteiger partial charge on any atom is -0.451 e. The summed E-state index contributed by atoms with van der Waals surface area (Å²) in [6.45, 7) is 5.48. The van der Waals surface area contributed by atoms with Crippen LogP contribution in [0.25, 0.3) is 21.1 Å². The number of nitrogens with zero attached hydrogens (tertiary/aromatic N) is 3. The van der Waals surface area contributed by atoms with Gasteiger partial charge < -0.3 is 14.6 Å². The highest BCUT2D eigenvalue weighted by atomic mass is 32.1. The number of para-hydroxylation sites is 1. The van der Waals surface area contributed by atoms with Gasteiger partial charge >= 0.3 is 0 Å². The first kappa shape index (κ1) is 22.6. The van der Waals surface area contributed by atoms with Crippen LogP contribution in [-0.4, -0.2) is 53.9 Å². The molecule has 1 amide bonds. The van der Waals surface area contributed by atoms with E-state index in [1.165, 1.54) is 35.9 Å². The predicted molar refractivity (Wildman–Crippen MR) is 142 cm³/mol. The highest BCUT2D eigenvalue weighted by Crippen LogP contribution is 2.31. The minimum atomic E-state index is -0.0876. The van der Waals surface area contributed by atoms with Gasteiger partial charge in [0, 0.05) is 43.0 Å². The number of hydrogen-bond donors (Lipinski definition) is 1. The summed E-state index contributed by atoms with van der Waals surface area (Å²) >= 11 is 1.60. The van der Waals surface area contributed by atoms with Gasteiger partial charge in [-0.2, -0.15) is 4.37 Å². The monoisotopic (exact) mass is 488 g/mol. The SMILES string of the molecule is O=C(N[C@H]1CC[C@@H](CCN2CCN(c3nsc4ccccc34)CC2)CC1)c1cc2ccccc2o1. The third-order valence-electron chi connectivity index (χ3n) is 7.72. The number of fused-ring (bicyclic) bond motifs is 2. The van der Waals surface area contributed by atoms with Gasteiger partial charge in [-0.15, -0.1) is 0 Å². The van der Waals surface area contributed by atoms with Crippen molar-refractivity contribution < 1.29 is 9.21 Å². The van der Waals surface area contributed by atoms with E-state index in [4.69, 9.17) is 8.79 Å². The van der Waals surface area contributed by atoms with Crippen LogP contribution in [0.2, 0.25) is 0 Å². The molecule has 1 N–H and O–H groups in total. The summed E-state index contributed by atoms with van der Waals surface area (Å²) in [6, 6.07) is 18.4. The Bertz CT molecular complexity index is 1270. The topological polar surface area (TPSA) is 61.6 Å². The van der Waals surface area contributed by atoms with E-state index in [0.717, 1.165) is 61.7 Å². The number of carbonyl (C=O) groups excluding carboxylic acids is 1. The van der Waals surface area contributed by atoms with Crippen molar-refractivity contribution in [1.82, 2.24) is 14.6 Å². The first-order chi connectivity index (χ1) is 17.2. The number of nitrogens with one attached hydrogen (secondary N) is 1. The summed E-state index contributed by atoms with van der Waals surface area (Å²) in [5, 5.41) is 5.46. The molecule has 2 aliphatic rings. The fourth-order valence-corrected chi connectivity index (χ4v) is 6.39. The largest absolute Gasteiger partial charge is 0.451 e. The van der Waals surface area contributed by atoms with Crippen molar-refractivity contribution in [3.8, 4) is 0 Å². The average molecular weight is 489 g/mol. The van der Waals surface area contributed by atoms with Crippen molar-refractivity contribution in [2.75, 3.05) is 37.6 Å². The van der Waals surface area contributed by atoms with Gasteiger partial charge in [0.2, 0.25) is 0 Å². The molecule has 0 spiro atoms. The predicted octanol–water partition coefficient (Wildman–Crippen LogP) is 5.54. The zero-order valence-corrected chi connectivity index (χ0v) is 20.8. The Morgan fingerprint density at radius 1 is 1.00 bits per heavy atom. The van der Waals surface area contributed by atoms with Crippen molar-refractivity contribution in [3.05, 3.63) is 60.4 Å². The molecule has 1 aliphatic carbocycles. The molecule has 4 aromatic rings. The van der Waals surface area contributed by atoms with Crippen LogP contribution in [0.15, 0.2) is 59.0 Å². The molecule has 35 heavy (non-hydrogen) atoms. The lowest BCUT2D eigenvalue weighted by Gasteiger charge is -2.36. The molecule has 2 fully saturated rings. The lowest BCUT2D eigenvalue weighted by Crippen LogP contribution is -2.47. The van der Waals surface area contributed by atoms with E-state index < -0.39 is 0 Å². The zero-order chi connectivity index (χ0) is 23.6. The molecule has 1 aliphatic heterocycles. The molecule has 7 heteroatoms. The number of anilines is 1. The standard InChI is InChI=1S/C28H32N4O2S/c33-28(25-19-21-5-1-3-7-24(21)34-25)29-22-11-9-20(10-12-22)13-14-31-15-17-32(18-16-31)27-23-6-2-4-8-26(23)35-30-27/h1-8,19-20,22H,9-18H2,(H,29,33)/t20-,22+. The molecule has 6 rings (SSSR count). The third-order valence-corrected chi connectivity index (χ3v) is 8.53. The lowest BCUT2D eigenvalue weighted by atomic mass is 9.84. The van der Waals surface area contributed by atoms with E-state index in [1.807, 2.05) is 30.3 Å². The molecule has 1 saturated carbocycles. The van der Waals surface area contributed by atoms with E-state index in [0.29, 0.717) is 5.76 Å². The van der Waals surface area contributed by atoms with Gasteiger partial charge in [0.25, 0.3) is 5.91 Å². The zero-order valence-electron chi connectivity index (χ0n) is 20.0. The number of benzene rings is 2. The fraction of sp³-hybridized carbons (Fsp3) is 0.429. The van der Waals surface area contributed by atoms with Gasteiger partial charge in [0.1, 0.15) is 11.4 Å². The summed E-state index contributed by atoms with van der Waals surface area (Å²) in [4.78, 5) is 17.7. The Kier molecular flexibility index (Phi) is 6.44. The van der Waals surface area contributed by atoms with Crippen molar-refractivity contribution in [3.63, 3.8) is 0 Å². The maximum atomic E-state index is 12.7. The molecule has 0 bridgehead atoms. The molecule has 3 heterocycles. The van der Waals surface area contributed by atoms with Crippen LogP contribution in [0.3, 0.4) is 0 Å². The van der Waals surface area contributed by atoms with Crippen molar-refractivity contribution in [2.45, 2.75) is 38.1 Å². The van der Waals surface area contributed by atoms with Crippen molar-refractivity contribution in [1.29, 1.82) is 0 Å². The molecule has 1 saturated heterocycles. The molecular formula is C28H32N4O2S. The summed E-state index contributed by atoms with van der Waals surface area (Å²) in [6.07, 6.45) is 5.75. The first-order valence-corrected chi connectivity index (χ1v) is 13.6. The number of rotatable bonds is 6. The van der Waals surface area contributed by atoms with Gasteiger partial charge in [-0.25, -0.2) is 0 Å². The molecule has 2 aromatic carbocycles. The Morgan fingerprint density at radius 3 is 2.60 bits per heavy atom. The molecule has 0 unspecified atom stereocenters. The van der Waals surface area contributed by atoms with E-state index >= 15 is 0 Å². The van der Waals surface area contributed by atoms with Crippen LogP contribution < -0.4 is 10.2 Å². The van der Waals surface area contributed by atoms with E-state index in [2.05, 4.69) is 39.4 Å². The number of carbonyl (C=O) groups is 1. The minimum absolute atomic E-state index is 0.0876. The molecule has 2 aromatic heterocycles. The maximum absolute atomic E-state index is 12.7. The second-order valence-corrected chi connectivity index (χ2v) is 10.8. The van der Waals surface area contributed by atoms with Gasteiger partial charge in [0.15, 0.2) is 5.76 Å². The van der Waals surface area contributed by atoms with Gasteiger partial charge in [-0.05, 0) is 80.4 Å². The van der Waals surface area contributed by atoms with Crippen LogP contribution in [0, 0.1) is 5.92 Å². The third kappa shape index (κ3) is 4.93. The Labute approximate surface area is 210 Å². The van der Waals surface area contributed by atoms with Crippen LogP contribution in [-0.2, 0) is 0 Å². The second-order valence-electron chi connectivity index (χ2n) is 9.96. The number of piperazine rings is 1. The summed E-state index contributed by atoms with van der Waals surface area (Å²) in [7, 11) is 0. The number of furan rings is 1. The highest BCUT2D eigenvalue weighted by molar-refractivity contribution is 7.13. The summed E-state index contributed by atoms with van der Waals surface area (Å²) in [5.41, 5.74) is 0.766. The van der Waals surface area contributed by atoms with Crippen LogP contribution in [0.1, 0.15) is 42.7 Å². The van der Waals surface area contributed by atoms with Gasteiger partial charge in [-0.3, -0.25) is 9.69 Å². The molecule has 0 radical (unpaired) electrons. The average Bonchev–Trinajstić information content (AvgIpc) is 3.53. The number of hydrogen-bond acceptors (Lipinski definition) is 6. The fourth-order valence-electron chi connectivity index (χ4n) is 5.59. The summed E-state index contributed by atoms with van der Waals surface area (Å²) in [5.74, 6) is 2.25. The van der Waals surface area contributed by atoms with E-state index in [1.54, 1.807) is 11.5 Å². The lowest BCUT2D eigenvalue weighted by molar-refractivity contribution is 0.0894. The molecule has 6 nitrogen and oxygen atoms in total. The maximum Gasteiger partial charge on any atom is 0.287 e. The number of amides is 1. The van der Waals surface area contributed by atoms with Crippen LogP contribution >= 0.6 is 11.5 Å². The Morgan fingerprint density at radius 2 is 1.77 bits per heavy atom. The molecule has 0 atom stereocenters. The first-order valence-electron chi connectivity index (χ1n) is 12.8. The smallest absolute Gasteiger partial charge is 0.287 e. The number of aromatic nitrogens is 1. The Hall–Kier alpha value is -2.90. The van der Waals surface area contributed by atoms with Crippen molar-refractivity contribution in [2.24, 2.45) is 5.92 Å². The van der Waals surface area contributed by atoms with Gasteiger partial charge in [-0.1, -0.05) is 30.3 Å². The van der Waals surface area contributed by atoms with Crippen LogP contribution in [0.4, 0.5) is 5.82 Å².